The maximum absolute atomic E-state index is 15.3. The van der Waals surface area contributed by atoms with Crippen molar-refractivity contribution in [2.45, 2.75) is 88.4 Å². The molecule has 4 fully saturated rings. The van der Waals surface area contributed by atoms with Crippen LogP contribution in [-0.2, 0) is 9.47 Å². The molecule has 236 valence electrons. The lowest BCUT2D eigenvalue weighted by Gasteiger charge is -2.49. The molecule has 43 heavy (non-hydrogen) atoms. The Morgan fingerprint density at radius 1 is 1.19 bits per heavy atom. The van der Waals surface area contributed by atoms with Crippen molar-refractivity contribution in [1.82, 2.24) is 24.8 Å². The number of rotatable bonds is 7. The highest BCUT2D eigenvalue weighted by molar-refractivity contribution is 6.30. The summed E-state index contributed by atoms with van der Waals surface area (Å²) in [6.07, 6.45) is 2.68. The van der Waals surface area contributed by atoms with Crippen LogP contribution in [0, 0.1) is 5.82 Å². The number of anilines is 1. The number of hydrogen-bond acceptors (Lipinski definition) is 9. The average Bonchev–Trinajstić information content (AvgIpc) is 3.53. The molecule has 0 spiro atoms. The SMILES string of the molecule is CC(C)(C)OC(=O)N1[C@H]2CC[C@]1(COC(F)F)CN(c1nc(OC[C@@]34CCCN3C[C@H](F)C4)nc3c(F)c(Cl)ncc13)C2. The highest BCUT2D eigenvalue weighted by Crippen LogP contribution is 2.44. The molecule has 4 aliphatic heterocycles. The van der Waals surface area contributed by atoms with E-state index in [9.17, 15) is 18.0 Å². The van der Waals surface area contributed by atoms with Crippen LogP contribution >= 0.6 is 11.6 Å². The topological polar surface area (TPSA) is 93.1 Å². The first-order valence-corrected chi connectivity index (χ1v) is 14.9. The Morgan fingerprint density at radius 2 is 1.98 bits per heavy atom. The minimum atomic E-state index is -3.04. The molecule has 0 aliphatic carbocycles. The Hall–Kier alpha value is -2.71. The fourth-order valence-corrected chi connectivity index (χ4v) is 7.39. The van der Waals surface area contributed by atoms with Gasteiger partial charge in [0.15, 0.2) is 11.0 Å². The van der Waals surface area contributed by atoms with Gasteiger partial charge >= 0.3 is 18.7 Å². The third-order valence-corrected chi connectivity index (χ3v) is 9.20. The van der Waals surface area contributed by atoms with Crippen molar-refractivity contribution < 1.29 is 36.6 Å². The first-order chi connectivity index (χ1) is 20.3. The number of nitrogens with zero attached hydrogens (tertiary/aromatic N) is 6. The number of pyridine rings is 1. The second-order valence-electron chi connectivity index (χ2n) is 13.0. The smallest absolute Gasteiger partial charge is 0.411 e. The van der Waals surface area contributed by atoms with E-state index in [1.807, 2.05) is 0 Å². The van der Waals surface area contributed by atoms with Gasteiger partial charge in [0.05, 0.1) is 29.1 Å². The summed E-state index contributed by atoms with van der Waals surface area (Å²) in [5, 5.41) is -0.133. The summed E-state index contributed by atoms with van der Waals surface area (Å²) in [6, 6.07) is -0.540. The monoisotopic (exact) mass is 630 g/mol. The van der Waals surface area contributed by atoms with E-state index in [-0.39, 0.29) is 47.6 Å². The van der Waals surface area contributed by atoms with Crippen molar-refractivity contribution in [3.63, 3.8) is 0 Å². The van der Waals surface area contributed by atoms with Gasteiger partial charge in [-0.25, -0.2) is 18.6 Å². The lowest BCUT2D eigenvalue weighted by Crippen LogP contribution is -2.66. The van der Waals surface area contributed by atoms with Gasteiger partial charge in [-0.1, -0.05) is 11.6 Å². The highest BCUT2D eigenvalue weighted by atomic mass is 35.5. The van der Waals surface area contributed by atoms with Crippen LogP contribution in [0.1, 0.15) is 52.9 Å². The van der Waals surface area contributed by atoms with Gasteiger partial charge < -0.3 is 19.1 Å². The molecule has 15 heteroatoms. The molecule has 0 aromatic carbocycles. The number of fused-ring (bicyclic) bond motifs is 4. The standard InChI is InChI=1S/C28H35ClF4N6O4/c1-26(2,3)43-25(40)39-17-5-7-28(39,15-41-23(32)33)13-37(12-17)22-18-10-34-21(29)19(31)20(18)35-24(36-22)42-14-27-6-4-8-38(27)11-16(30)9-27/h10,16-17,23H,4-9,11-15H2,1-3H3/t16-,17+,27+,28-/m1/s1. The van der Waals surface area contributed by atoms with E-state index in [0.717, 1.165) is 19.4 Å². The molecule has 2 aromatic heterocycles. The molecule has 2 bridgehead atoms. The molecule has 4 aliphatic rings. The number of carbonyl (C=O) groups excluding carboxylic acids is 1. The summed E-state index contributed by atoms with van der Waals surface area (Å²) in [5.41, 5.74) is -2.57. The van der Waals surface area contributed by atoms with Crippen LogP contribution in [-0.4, -0.2) is 106 Å². The summed E-state index contributed by atoms with van der Waals surface area (Å²) >= 11 is 6.01. The molecule has 0 saturated carbocycles. The first-order valence-electron chi connectivity index (χ1n) is 14.5. The summed E-state index contributed by atoms with van der Waals surface area (Å²) in [4.78, 5) is 31.6. The first kappa shape index (κ1) is 30.3. The summed E-state index contributed by atoms with van der Waals surface area (Å²) < 4.78 is 72.8. The van der Waals surface area contributed by atoms with Gasteiger partial charge in [-0.15, -0.1) is 0 Å². The molecular weight excluding hydrogens is 596 g/mol. The van der Waals surface area contributed by atoms with Crippen molar-refractivity contribution >= 4 is 34.4 Å². The Morgan fingerprint density at radius 3 is 2.72 bits per heavy atom. The average molecular weight is 631 g/mol. The Bertz CT molecular complexity index is 1400. The van der Waals surface area contributed by atoms with Crippen LogP contribution in [0.3, 0.4) is 0 Å². The predicted molar refractivity (Wildman–Crippen MR) is 149 cm³/mol. The highest BCUT2D eigenvalue weighted by Gasteiger charge is 2.56. The van der Waals surface area contributed by atoms with Crippen molar-refractivity contribution in [2.75, 3.05) is 44.3 Å². The number of piperazine rings is 1. The molecule has 0 N–H and O–H groups in total. The van der Waals surface area contributed by atoms with E-state index in [1.165, 1.54) is 11.1 Å². The van der Waals surface area contributed by atoms with Crippen molar-refractivity contribution in [1.29, 1.82) is 0 Å². The zero-order chi connectivity index (χ0) is 30.7. The zero-order valence-electron chi connectivity index (χ0n) is 24.3. The Balaban J connectivity index is 1.35. The minimum absolute atomic E-state index is 0.0481. The lowest BCUT2D eigenvalue weighted by molar-refractivity contribution is -0.155. The van der Waals surface area contributed by atoms with E-state index < -0.39 is 54.0 Å². The maximum atomic E-state index is 15.3. The van der Waals surface area contributed by atoms with Crippen molar-refractivity contribution in [2.24, 2.45) is 0 Å². The molecule has 0 unspecified atom stereocenters. The van der Waals surface area contributed by atoms with Crippen LogP contribution in [0.4, 0.5) is 28.2 Å². The number of hydrogen-bond donors (Lipinski definition) is 0. The molecule has 4 saturated heterocycles. The number of amides is 1. The van der Waals surface area contributed by atoms with Crippen molar-refractivity contribution in [3.05, 3.63) is 17.2 Å². The van der Waals surface area contributed by atoms with Crippen molar-refractivity contribution in [3.8, 4) is 6.01 Å². The molecule has 0 radical (unpaired) electrons. The van der Waals surface area contributed by atoms with Crippen LogP contribution in [0.5, 0.6) is 6.01 Å². The summed E-state index contributed by atoms with van der Waals surface area (Å²) in [6.45, 7) is 3.26. The molecule has 2 aromatic rings. The number of carbonyl (C=O) groups is 1. The number of halogens is 5. The molecule has 6 heterocycles. The number of aromatic nitrogens is 3. The van der Waals surface area contributed by atoms with Gasteiger partial charge in [0.1, 0.15) is 29.7 Å². The zero-order valence-corrected chi connectivity index (χ0v) is 25.0. The third-order valence-electron chi connectivity index (χ3n) is 8.94. The third kappa shape index (κ3) is 5.66. The van der Waals surface area contributed by atoms with E-state index in [0.29, 0.717) is 25.8 Å². The lowest BCUT2D eigenvalue weighted by atomic mass is 9.95. The Kier molecular flexibility index (Phi) is 7.77. The van der Waals surface area contributed by atoms with Crippen LogP contribution in [0.15, 0.2) is 6.20 Å². The van der Waals surface area contributed by atoms with Crippen LogP contribution in [0.25, 0.3) is 10.9 Å². The van der Waals surface area contributed by atoms with E-state index in [2.05, 4.69) is 19.9 Å². The fourth-order valence-electron chi connectivity index (χ4n) is 7.25. The van der Waals surface area contributed by atoms with Crippen LogP contribution < -0.4 is 9.64 Å². The predicted octanol–water partition coefficient (Wildman–Crippen LogP) is 4.97. The normalized spacial score (nSPS) is 29.1. The van der Waals surface area contributed by atoms with Gasteiger partial charge in [0.25, 0.3) is 0 Å². The quantitative estimate of drug-likeness (QED) is 0.311. The summed E-state index contributed by atoms with van der Waals surface area (Å²) in [5.74, 6) is -0.597. The Labute approximate surface area is 251 Å². The molecule has 6 rings (SSSR count). The van der Waals surface area contributed by atoms with Gasteiger partial charge in [-0.2, -0.15) is 18.7 Å². The van der Waals surface area contributed by atoms with Crippen LogP contribution in [0.2, 0.25) is 5.15 Å². The van der Waals surface area contributed by atoms with E-state index in [4.69, 9.17) is 25.8 Å². The molecular formula is C28H35ClF4N6O4. The minimum Gasteiger partial charge on any atom is -0.461 e. The second kappa shape index (κ2) is 11.0. The number of alkyl halides is 3. The largest absolute Gasteiger partial charge is 0.461 e. The van der Waals surface area contributed by atoms with Gasteiger partial charge in [-0.3, -0.25) is 9.80 Å². The van der Waals surface area contributed by atoms with E-state index in [1.54, 1.807) is 25.7 Å². The number of ether oxygens (including phenoxy) is 3. The van der Waals surface area contributed by atoms with Gasteiger partial charge in [0.2, 0.25) is 0 Å². The molecule has 4 atom stereocenters. The maximum Gasteiger partial charge on any atom is 0.411 e. The second-order valence-corrected chi connectivity index (χ2v) is 13.4. The fraction of sp³-hybridized carbons (Fsp3) is 0.714. The molecule has 1 amide bonds. The van der Waals surface area contributed by atoms with Gasteiger partial charge in [-0.05, 0) is 53.0 Å². The molecule has 10 nitrogen and oxygen atoms in total. The van der Waals surface area contributed by atoms with Gasteiger partial charge in [0, 0.05) is 32.3 Å². The van der Waals surface area contributed by atoms with E-state index >= 15 is 4.39 Å². The summed E-state index contributed by atoms with van der Waals surface area (Å²) in [7, 11) is 0.